The van der Waals surface area contributed by atoms with Gasteiger partial charge in [0.25, 0.3) is 0 Å². The Morgan fingerprint density at radius 2 is 1.76 bits per heavy atom. The zero-order chi connectivity index (χ0) is 12.3. The van der Waals surface area contributed by atoms with E-state index in [1.807, 2.05) is 13.8 Å². The molecule has 0 aliphatic carbocycles. The van der Waals surface area contributed by atoms with Crippen molar-refractivity contribution in [1.29, 1.82) is 0 Å². The highest BCUT2D eigenvalue weighted by Crippen LogP contribution is 2.25. The molecule has 0 amide bonds. The smallest absolute Gasteiger partial charge is 0.0599 e. The molecular weight excluding hydrogens is 228 g/mol. The summed E-state index contributed by atoms with van der Waals surface area (Å²) < 4.78 is 0. The fourth-order valence-electron chi connectivity index (χ4n) is 1.68. The molecule has 1 nitrogen and oxygen atoms in total. The van der Waals surface area contributed by atoms with Gasteiger partial charge in [0.15, 0.2) is 0 Å². The van der Waals surface area contributed by atoms with Gasteiger partial charge in [-0.1, -0.05) is 30.3 Å². The summed E-state index contributed by atoms with van der Waals surface area (Å²) in [5.74, 6) is 0.946. The van der Waals surface area contributed by atoms with E-state index in [1.165, 1.54) is 15.7 Å². The maximum Gasteiger partial charge on any atom is 0.0599 e. The lowest BCUT2D eigenvalue weighted by Gasteiger charge is -2.16. The maximum atomic E-state index is 9.65. The third kappa shape index (κ3) is 3.76. The third-order valence-corrected chi connectivity index (χ3v) is 3.70. The van der Waals surface area contributed by atoms with Gasteiger partial charge >= 0.3 is 0 Å². The predicted octanol–water partition coefficient (Wildman–Crippen LogP) is 4.09. The number of rotatable bonds is 4. The summed E-state index contributed by atoms with van der Waals surface area (Å²) in [6, 6.07) is 14.9. The second-order valence-corrected chi connectivity index (χ2v) is 6.09. The van der Waals surface area contributed by atoms with E-state index in [0.29, 0.717) is 0 Å². The zero-order valence-corrected chi connectivity index (χ0v) is 11.1. The number of hydrogen-bond donors (Lipinski definition) is 1. The SMILES string of the molecule is CC(C)(O)CCSc1ccc2ccccc2c1. The van der Waals surface area contributed by atoms with E-state index in [2.05, 4.69) is 42.5 Å². The van der Waals surface area contributed by atoms with Crippen molar-refractivity contribution < 1.29 is 5.11 Å². The highest BCUT2D eigenvalue weighted by atomic mass is 32.2. The Kier molecular flexibility index (Phi) is 3.75. The summed E-state index contributed by atoms with van der Waals surface area (Å²) in [5, 5.41) is 12.2. The Hall–Kier alpha value is -0.990. The van der Waals surface area contributed by atoms with Crippen molar-refractivity contribution in [2.24, 2.45) is 0 Å². The summed E-state index contributed by atoms with van der Waals surface area (Å²) in [5.41, 5.74) is -0.566. The molecule has 0 aromatic heterocycles. The number of benzene rings is 2. The second kappa shape index (κ2) is 5.11. The molecule has 0 bridgehead atoms. The molecule has 17 heavy (non-hydrogen) atoms. The fraction of sp³-hybridized carbons (Fsp3) is 0.333. The van der Waals surface area contributed by atoms with Gasteiger partial charge in [-0.25, -0.2) is 0 Å². The molecule has 2 rings (SSSR count). The molecule has 2 heteroatoms. The van der Waals surface area contributed by atoms with Crippen molar-refractivity contribution in [2.45, 2.75) is 30.8 Å². The van der Waals surface area contributed by atoms with E-state index in [0.717, 1.165) is 12.2 Å². The molecule has 2 aromatic rings. The van der Waals surface area contributed by atoms with Gasteiger partial charge in [-0.2, -0.15) is 0 Å². The maximum absolute atomic E-state index is 9.65. The van der Waals surface area contributed by atoms with Crippen LogP contribution in [-0.4, -0.2) is 16.5 Å². The van der Waals surface area contributed by atoms with Gasteiger partial charge < -0.3 is 5.11 Å². The van der Waals surface area contributed by atoms with Crippen LogP contribution in [0.15, 0.2) is 47.4 Å². The van der Waals surface area contributed by atoms with Crippen LogP contribution in [0.2, 0.25) is 0 Å². The van der Waals surface area contributed by atoms with Crippen LogP contribution in [0.25, 0.3) is 10.8 Å². The van der Waals surface area contributed by atoms with E-state index < -0.39 is 5.60 Å². The molecule has 0 heterocycles. The quantitative estimate of drug-likeness (QED) is 0.820. The van der Waals surface area contributed by atoms with Crippen LogP contribution in [0.1, 0.15) is 20.3 Å². The molecule has 0 atom stereocenters. The minimum Gasteiger partial charge on any atom is -0.390 e. The average molecular weight is 246 g/mol. The highest BCUT2D eigenvalue weighted by Gasteiger charge is 2.11. The first-order valence-corrected chi connectivity index (χ1v) is 6.87. The lowest BCUT2D eigenvalue weighted by molar-refractivity contribution is 0.0778. The zero-order valence-electron chi connectivity index (χ0n) is 10.3. The van der Waals surface area contributed by atoms with Crippen molar-refractivity contribution in [2.75, 3.05) is 5.75 Å². The summed E-state index contributed by atoms with van der Waals surface area (Å²) in [4.78, 5) is 1.27. The molecule has 0 fully saturated rings. The summed E-state index contributed by atoms with van der Waals surface area (Å²) >= 11 is 1.80. The number of aliphatic hydroxyl groups is 1. The normalized spacial score (nSPS) is 11.9. The number of thioether (sulfide) groups is 1. The molecule has 0 spiro atoms. The molecule has 90 valence electrons. The van der Waals surface area contributed by atoms with Crippen molar-refractivity contribution in [3.8, 4) is 0 Å². The van der Waals surface area contributed by atoms with Crippen molar-refractivity contribution >= 4 is 22.5 Å². The van der Waals surface area contributed by atoms with Gasteiger partial charge in [0.05, 0.1) is 5.60 Å². The van der Waals surface area contributed by atoms with Gasteiger partial charge in [0, 0.05) is 10.6 Å². The number of fused-ring (bicyclic) bond motifs is 1. The third-order valence-electron chi connectivity index (χ3n) is 2.70. The average Bonchev–Trinajstić information content (AvgIpc) is 2.27. The summed E-state index contributed by atoms with van der Waals surface area (Å²) in [6.07, 6.45) is 0.810. The van der Waals surface area contributed by atoms with E-state index >= 15 is 0 Å². The molecule has 1 N–H and O–H groups in total. The second-order valence-electron chi connectivity index (χ2n) is 4.92. The van der Waals surface area contributed by atoms with Gasteiger partial charge in [-0.3, -0.25) is 0 Å². The van der Waals surface area contributed by atoms with Crippen LogP contribution < -0.4 is 0 Å². The minimum absolute atomic E-state index is 0.566. The molecule has 0 saturated heterocycles. The number of hydrogen-bond acceptors (Lipinski definition) is 2. The Labute approximate surface area is 107 Å². The Morgan fingerprint density at radius 1 is 1.06 bits per heavy atom. The Morgan fingerprint density at radius 3 is 2.47 bits per heavy atom. The first kappa shape index (κ1) is 12.5. The first-order valence-electron chi connectivity index (χ1n) is 5.89. The molecule has 0 aliphatic rings. The first-order chi connectivity index (χ1) is 8.04. The van der Waals surface area contributed by atoms with Gasteiger partial charge in [0.2, 0.25) is 0 Å². The summed E-state index contributed by atoms with van der Waals surface area (Å²) in [6.45, 7) is 3.71. The monoisotopic (exact) mass is 246 g/mol. The predicted molar refractivity (Wildman–Crippen MR) is 75.6 cm³/mol. The minimum atomic E-state index is -0.566. The molecule has 0 aliphatic heterocycles. The van der Waals surface area contributed by atoms with E-state index in [1.54, 1.807) is 11.8 Å². The Balaban J connectivity index is 2.04. The highest BCUT2D eigenvalue weighted by molar-refractivity contribution is 7.99. The largest absolute Gasteiger partial charge is 0.390 e. The van der Waals surface area contributed by atoms with Crippen LogP contribution >= 0.6 is 11.8 Å². The molecule has 0 saturated carbocycles. The van der Waals surface area contributed by atoms with Crippen LogP contribution in [0.4, 0.5) is 0 Å². The molecular formula is C15H18OS. The topological polar surface area (TPSA) is 20.2 Å². The molecule has 0 radical (unpaired) electrons. The fourth-order valence-corrected chi connectivity index (χ4v) is 2.89. The van der Waals surface area contributed by atoms with E-state index in [9.17, 15) is 5.11 Å². The van der Waals surface area contributed by atoms with E-state index in [-0.39, 0.29) is 0 Å². The van der Waals surface area contributed by atoms with Crippen LogP contribution in [0.3, 0.4) is 0 Å². The lowest BCUT2D eigenvalue weighted by Crippen LogP contribution is -2.18. The van der Waals surface area contributed by atoms with Gasteiger partial charge in [-0.15, -0.1) is 11.8 Å². The van der Waals surface area contributed by atoms with Crippen LogP contribution in [0.5, 0.6) is 0 Å². The molecule has 2 aromatic carbocycles. The van der Waals surface area contributed by atoms with E-state index in [4.69, 9.17) is 0 Å². The molecule has 0 unspecified atom stereocenters. The van der Waals surface area contributed by atoms with Gasteiger partial charge in [-0.05, 0) is 43.2 Å². The lowest BCUT2D eigenvalue weighted by atomic mass is 10.1. The van der Waals surface area contributed by atoms with Crippen molar-refractivity contribution in [3.05, 3.63) is 42.5 Å². The van der Waals surface area contributed by atoms with Crippen molar-refractivity contribution in [3.63, 3.8) is 0 Å². The van der Waals surface area contributed by atoms with Crippen molar-refractivity contribution in [1.82, 2.24) is 0 Å². The Bertz CT molecular complexity index is 499. The van der Waals surface area contributed by atoms with Crippen LogP contribution in [0, 0.1) is 0 Å². The van der Waals surface area contributed by atoms with Crippen LogP contribution in [-0.2, 0) is 0 Å². The van der Waals surface area contributed by atoms with Gasteiger partial charge in [0.1, 0.15) is 0 Å². The summed E-state index contributed by atoms with van der Waals surface area (Å²) in [7, 11) is 0. The standard InChI is InChI=1S/C15H18OS/c1-15(2,16)9-10-17-14-8-7-12-5-3-4-6-13(12)11-14/h3-8,11,16H,9-10H2,1-2H3.